The van der Waals surface area contributed by atoms with Crippen molar-refractivity contribution < 1.29 is 23.8 Å². The maximum atomic E-state index is 12.8. The van der Waals surface area contributed by atoms with Crippen LogP contribution in [0.25, 0.3) is 6.08 Å². The van der Waals surface area contributed by atoms with Gasteiger partial charge in [-0.1, -0.05) is 59.6 Å². The summed E-state index contributed by atoms with van der Waals surface area (Å²) in [6.45, 7) is 1.96. The van der Waals surface area contributed by atoms with Crippen molar-refractivity contribution in [3.8, 4) is 11.5 Å². The first-order valence-electron chi connectivity index (χ1n) is 9.88. The molecule has 7 heteroatoms. The summed E-state index contributed by atoms with van der Waals surface area (Å²) in [7, 11) is 0. The molecule has 1 atom stereocenters. The van der Waals surface area contributed by atoms with Gasteiger partial charge in [0.25, 0.3) is 0 Å². The van der Waals surface area contributed by atoms with E-state index in [0.717, 1.165) is 0 Å². The minimum Gasteiger partial charge on any atom is -0.474 e. The maximum Gasteiger partial charge on any atom is 0.352 e. The Labute approximate surface area is 195 Å². The van der Waals surface area contributed by atoms with Crippen LogP contribution in [0.4, 0.5) is 0 Å². The molecule has 0 N–H and O–H groups in total. The van der Waals surface area contributed by atoms with Crippen LogP contribution in [-0.2, 0) is 9.53 Å². The summed E-state index contributed by atoms with van der Waals surface area (Å²) >= 11 is 12.4. The third-order valence-electron chi connectivity index (χ3n) is 4.77. The molecule has 162 valence electrons. The summed E-state index contributed by atoms with van der Waals surface area (Å²) in [6.07, 6.45) is 0.557. The number of carbonyl (C=O) groups excluding carboxylic acids is 2. The van der Waals surface area contributed by atoms with Crippen LogP contribution in [0.15, 0.2) is 72.5 Å². The summed E-state index contributed by atoms with van der Waals surface area (Å²) in [5, 5.41) is 0.808. The molecule has 0 aliphatic carbocycles. The van der Waals surface area contributed by atoms with Gasteiger partial charge in [-0.05, 0) is 37.3 Å². The molecule has 0 saturated carbocycles. The van der Waals surface area contributed by atoms with E-state index in [1.165, 1.54) is 6.08 Å². The number of fused-ring (bicyclic) bond motifs is 1. The van der Waals surface area contributed by atoms with Gasteiger partial charge >= 0.3 is 5.97 Å². The van der Waals surface area contributed by atoms with E-state index < -0.39 is 12.1 Å². The molecule has 0 spiro atoms. The molecule has 0 bridgehead atoms. The average Bonchev–Trinajstić information content (AvgIpc) is 3.10. The fourth-order valence-electron chi connectivity index (χ4n) is 3.25. The van der Waals surface area contributed by atoms with E-state index in [9.17, 15) is 9.59 Å². The molecule has 0 aromatic heterocycles. The van der Waals surface area contributed by atoms with Crippen molar-refractivity contribution in [1.82, 2.24) is 0 Å². The average molecular weight is 469 g/mol. The van der Waals surface area contributed by atoms with E-state index in [2.05, 4.69) is 0 Å². The van der Waals surface area contributed by atoms with Crippen molar-refractivity contribution in [2.75, 3.05) is 6.61 Å². The number of rotatable bonds is 6. The molecule has 3 aromatic carbocycles. The van der Waals surface area contributed by atoms with Crippen LogP contribution in [-0.4, -0.2) is 18.4 Å². The Morgan fingerprint density at radius 1 is 1.03 bits per heavy atom. The quantitative estimate of drug-likeness (QED) is 0.314. The molecule has 1 aliphatic rings. The summed E-state index contributed by atoms with van der Waals surface area (Å²) < 4.78 is 16.9. The molecule has 0 unspecified atom stereocenters. The summed E-state index contributed by atoms with van der Waals surface area (Å²) in [5.74, 6) is -0.0390. The highest BCUT2D eigenvalue weighted by Crippen LogP contribution is 2.37. The molecule has 0 fully saturated rings. The highest BCUT2D eigenvalue weighted by molar-refractivity contribution is 6.37. The second-order valence-electron chi connectivity index (χ2n) is 6.89. The van der Waals surface area contributed by atoms with Crippen molar-refractivity contribution in [2.24, 2.45) is 0 Å². The first-order chi connectivity index (χ1) is 15.5. The Morgan fingerprint density at radius 2 is 1.75 bits per heavy atom. The molecular formula is C25H18Cl2O5. The van der Waals surface area contributed by atoms with Gasteiger partial charge in [0.05, 0.1) is 12.2 Å². The van der Waals surface area contributed by atoms with Crippen LogP contribution in [0, 0.1) is 0 Å². The van der Waals surface area contributed by atoms with Crippen LogP contribution >= 0.6 is 23.2 Å². The Balaban J connectivity index is 1.62. The Hall–Kier alpha value is -3.28. The lowest BCUT2D eigenvalue weighted by Crippen LogP contribution is -2.21. The molecule has 0 amide bonds. The first kappa shape index (κ1) is 21.9. The highest BCUT2D eigenvalue weighted by atomic mass is 35.5. The van der Waals surface area contributed by atoms with Crippen LogP contribution in [0.1, 0.15) is 34.5 Å². The van der Waals surface area contributed by atoms with Crippen LogP contribution < -0.4 is 9.47 Å². The molecule has 1 aliphatic heterocycles. The summed E-state index contributed by atoms with van der Waals surface area (Å²) in [5.41, 5.74) is 1.52. The Morgan fingerprint density at radius 3 is 2.44 bits per heavy atom. The maximum absolute atomic E-state index is 12.8. The standard InChI is InChI=1S/C25H18Cl2O5/c1-2-30-25(29)24(15-7-4-3-5-8-15)31-16-11-12-17-21(13-16)32-22(23(17)28)14-18-19(26)9-6-10-20(18)27/h3-14,24H,2H2,1H3/t24-/m1/s1. The number of allylic oxidation sites excluding steroid dienone is 1. The van der Waals surface area contributed by atoms with Crippen molar-refractivity contribution in [2.45, 2.75) is 13.0 Å². The van der Waals surface area contributed by atoms with Gasteiger partial charge in [-0.15, -0.1) is 0 Å². The Kier molecular flexibility index (Phi) is 6.49. The normalized spacial score (nSPS) is 14.6. The van der Waals surface area contributed by atoms with Gasteiger partial charge in [-0.3, -0.25) is 4.79 Å². The van der Waals surface area contributed by atoms with Crippen LogP contribution in [0.2, 0.25) is 10.0 Å². The summed E-state index contributed by atoms with van der Waals surface area (Å²) in [4.78, 5) is 25.3. The monoisotopic (exact) mass is 468 g/mol. The van der Waals surface area contributed by atoms with Gasteiger partial charge in [0.2, 0.25) is 11.9 Å². The fraction of sp³-hybridized carbons (Fsp3) is 0.120. The second-order valence-corrected chi connectivity index (χ2v) is 7.71. The number of Topliss-reactive ketones (excluding diaryl/α,β-unsaturated/α-hetero) is 1. The third-order valence-corrected chi connectivity index (χ3v) is 5.43. The highest BCUT2D eigenvalue weighted by Gasteiger charge is 2.30. The molecular weight excluding hydrogens is 451 g/mol. The zero-order valence-electron chi connectivity index (χ0n) is 17.0. The van der Waals surface area contributed by atoms with E-state index in [1.807, 2.05) is 18.2 Å². The lowest BCUT2D eigenvalue weighted by molar-refractivity contribution is -0.151. The zero-order valence-corrected chi connectivity index (χ0v) is 18.5. The SMILES string of the molecule is CCOC(=O)[C@H](Oc1ccc2c(c1)OC(=Cc1c(Cl)cccc1Cl)C2=O)c1ccccc1. The number of hydrogen-bond donors (Lipinski definition) is 0. The lowest BCUT2D eigenvalue weighted by Gasteiger charge is -2.18. The van der Waals surface area contributed by atoms with Gasteiger partial charge in [0.15, 0.2) is 5.76 Å². The number of halogens is 2. The van der Waals surface area contributed by atoms with Crippen molar-refractivity contribution in [1.29, 1.82) is 0 Å². The summed E-state index contributed by atoms with van der Waals surface area (Å²) in [6, 6.07) is 18.9. The van der Waals surface area contributed by atoms with Crippen molar-refractivity contribution in [3.63, 3.8) is 0 Å². The molecule has 0 radical (unpaired) electrons. The van der Waals surface area contributed by atoms with Gasteiger partial charge in [0, 0.05) is 27.2 Å². The third kappa shape index (κ3) is 4.49. The molecule has 32 heavy (non-hydrogen) atoms. The van der Waals surface area contributed by atoms with Crippen LogP contribution in [0.3, 0.4) is 0 Å². The van der Waals surface area contributed by atoms with Gasteiger partial charge in [-0.2, -0.15) is 0 Å². The molecule has 0 saturated heterocycles. The smallest absolute Gasteiger partial charge is 0.352 e. The van der Waals surface area contributed by atoms with E-state index in [-0.39, 0.29) is 18.1 Å². The largest absolute Gasteiger partial charge is 0.474 e. The molecule has 4 rings (SSSR count). The van der Waals surface area contributed by atoms with E-state index >= 15 is 0 Å². The number of ether oxygens (including phenoxy) is 3. The predicted molar refractivity (Wildman–Crippen MR) is 122 cm³/mol. The first-order valence-corrected chi connectivity index (χ1v) is 10.6. The van der Waals surface area contributed by atoms with Gasteiger partial charge < -0.3 is 14.2 Å². The topological polar surface area (TPSA) is 61.8 Å². The zero-order chi connectivity index (χ0) is 22.7. The predicted octanol–water partition coefficient (Wildman–Crippen LogP) is 6.29. The molecule has 1 heterocycles. The number of hydrogen-bond acceptors (Lipinski definition) is 5. The minimum atomic E-state index is -0.955. The number of carbonyl (C=O) groups is 2. The minimum absolute atomic E-state index is 0.0946. The van der Waals surface area contributed by atoms with Crippen molar-refractivity contribution >= 4 is 41.0 Å². The lowest BCUT2D eigenvalue weighted by atomic mass is 10.1. The number of ketones is 1. The molecule has 3 aromatic rings. The van der Waals surface area contributed by atoms with Gasteiger partial charge in [-0.25, -0.2) is 4.79 Å². The van der Waals surface area contributed by atoms with Crippen LogP contribution in [0.5, 0.6) is 11.5 Å². The number of benzene rings is 3. The van der Waals surface area contributed by atoms with Crippen molar-refractivity contribution in [3.05, 3.63) is 99.2 Å². The van der Waals surface area contributed by atoms with E-state index in [4.69, 9.17) is 37.4 Å². The second kappa shape index (κ2) is 9.47. The Bertz CT molecular complexity index is 1180. The van der Waals surface area contributed by atoms with E-state index in [0.29, 0.717) is 38.2 Å². The number of esters is 1. The van der Waals surface area contributed by atoms with E-state index in [1.54, 1.807) is 55.5 Å². The fourth-order valence-corrected chi connectivity index (χ4v) is 3.76. The molecule has 5 nitrogen and oxygen atoms in total. The van der Waals surface area contributed by atoms with Gasteiger partial charge in [0.1, 0.15) is 11.5 Å².